The van der Waals surface area contributed by atoms with Crippen LogP contribution in [-0.4, -0.2) is 29.7 Å². The molecule has 0 fully saturated rings. The number of rotatable bonds is 7. The van der Waals surface area contributed by atoms with Crippen molar-refractivity contribution >= 4 is 17.7 Å². The lowest BCUT2D eigenvalue weighted by Gasteiger charge is -2.27. The molecular weight excluding hydrogens is 375 g/mol. The summed E-state index contributed by atoms with van der Waals surface area (Å²) in [6, 6.07) is 14.1. The van der Waals surface area contributed by atoms with Crippen molar-refractivity contribution in [3.8, 4) is 0 Å². The molecule has 2 unspecified atom stereocenters. The number of para-hydroxylation sites is 1. The van der Waals surface area contributed by atoms with Gasteiger partial charge in [-0.05, 0) is 45.4 Å². The van der Waals surface area contributed by atoms with E-state index in [4.69, 9.17) is 9.47 Å². The summed E-state index contributed by atoms with van der Waals surface area (Å²) in [6.45, 7) is 7.07. The number of nitrogens with one attached hydrogen (secondary N) is 2. The number of amides is 2. The Labute approximate surface area is 170 Å². The van der Waals surface area contributed by atoms with Crippen LogP contribution in [0.3, 0.4) is 0 Å². The number of ether oxygens (including phenoxy) is 2. The first-order valence-electron chi connectivity index (χ1n) is 9.36. The molecule has 0 aliphatic heterocycles. The van der Waals surface area contributed by atoms with Crippen LogP contribution in [0, 0.1) is 5.82 Å². The quantitative estimate of drug-likeness (QED) is 0.725. The molecule has 0 spiro atoms. The maximum absolute atomic E-state index is 13.9. The Hall–Kier alpha value is -2.93. The lowest BCUT2D eigenvalue weighted by atomic mass is 10.1. The predicted octanol–water partition coefficient (Wildman–Crippen LogP) is 4.26. The summed E-state index contributed by atoms with van der Waals surface area (Å²) in [5.41, 5.74) is 0.207. The maximum atomic E-state index is 13.9. The monoisotopic (exact) mass is 402 g/mol. The van der Waals surface area contributed by atoms with Crippen molar-refractivity contribution in [3.05, 3.63) is 66.0 Å². The van der Waals surface area contributed by atoms with Gasteiger partial charge in [0.15, 0.2) is 0 Å². The molecule has 0 saturated carbocycles. The van der Waals surface area contributed by atoms with Crippen molar-refractivity contribution < 1.29 is 23.5 Å². The zero-order valence-electron chi connectivity index (χ0n) is 17.1. The molecule has 29 heavy (non-hydrogen) atoms. The topological polar surface area (TPSA) is 76.7 Å². The van der Waals surface area contributed by atoms with Crippen molar-refractivity contribution in [3.63, 3.8) is 0 Å². The molecule has 0 aliphatic rings. The molecule has 0 saturated heterocycles. The fourth-order valence-electron chi connectivity index (χ4n) is 2.50. The van der Waals surface area contributed by atoms with E-state index in [9.17, 15) is 14.0 Å². The standard InChI is InChI=1S/C22H27FN2O4/c1-15(28-14-16-10-6-5-7-11-16)19(25-21(27)29-22(2,3)4)20(26)24-18-13-9-8-12-17(18)23/h5-13,15,19H,14H2,1-4H3,(H,24,26)(H,25,27). The van der Waals surface area contributed by atoms with Crippen molar-refractivity contribution in [2.75, 3.05) is 5.32 Å². The molecule has 6 nitrogen and oxygen atoms in total. The average molecular weight is 402 g/mol. The van der Waals surface area contributed by atoms with Gasteiger partial charge in [-0.15, -0.1) is 0 Å². The molecule has 2 aromatic rings. The summed E-state index contributed by atoms with van der Waals surface area (Å²) < 4.78 is 24.9. The van der Waals surface area contributed by atoms with E-state index in [-0.39, 0.29) is 12.3 Å². The molecule has 2 aromatic carbocycles. The molecular formula is C22H27FN2O4. The highest BCUT2D eigenvalue weighted by molar-refractivity contribution is 5.97. The van der Waals surface area contributed by atoms with Crippen LogP contribution in [0.5, 0.6) is 0 Å². The molecule has 7 heteroatoms. The summed E-state index contributed by atoms with van der Waals surface area (Å²) in [6.07, 6.45) is -1.46. The van der Waals surface area contributed by atoms with E-state index < -0.39 is 35.6 Å². The molecule has 0 radical (unpaired) electrons. The third kappa shape index (κ3) is 7.54. The second-order valence-corrected chi connectivity index (χ2v) is 7.59. The molecule has 0 aliphatic carbocycles. The van der Waals surface area contributed by atoms with Gasteiger partial charge in [-0.3, -0.25) is 4.79 Å². The molecule has 156 valence electrons. The summed E-state index contributed by atoms with van der Waals surface area (Å²) in [7, 11) is 0. The molecule has 2 amide bonds. The van der Waals surface area contributed by atoms with Crippen LogP contribution in [0.1, 0.15) is 33.3 Å². The molecule has 0 heterocycles. The number of hydrogen-bond donors (Lipinski definition) is 2. The third-order valence-electron chi connectivity index (χ3n) is 3.91. The summed E-state index contributed by atoms with van der Waals surface area (Å²) in [4.78, 5) is 25.0. The number of carbonyl (C=O) groups is 2. The zero-order chi connectivity index (χ0) is 21.4. The number of carbonyl (C=O) groups excluding carboxylic acids is 2. The number of benzene rings is 2. The first-order chi connectivity index (χ1) is 13.7. The van der Waals surface area contributed by atoms with E-state index in [0.29, 0.717) is 0 Å². The lowest BCUT2D eigenvalue weighted by Crippen LogP contribution is -2.52. The van der Waals surface area contributed by atoms with Gasteiger partial charge >= 0.3 is 6.09 Å². The van der Waals surface area contributed by atoms with Gasteiger partial charge in [0.25, 0.3) is 0 Å². The third-order valence-corrected chi connectivity index (χ3v) is 3.91. The highest BCUT2D eigenvalue weighted by Gasteiger charge is 2.30. The van der Waals surface area contributed by atoms with Crippen LogP contribution in [0.2, 0.25) is 0 Å². The van der Waals surface area contributed by atoms with Gasteiger partial charge in [0, 0.05) is 0 Å². The minimum atomic E-state index is -1.09. The van der Waals surface area contributed by atoms with Gasteiger partial charge < -0.3 is 20.1 Å². The highest BCUT2D eigenvalue weighted by atomic mass is 19.1. The number of anilines is 1. The fraction of sp³-hybridized carbons (Fsp3) is 0.364. The van der Waals surface area contributed by atoms with Crippen LogP contribution in [0.25, 0.3) is 0 Å². The second kappa shape index (κ2) is 10.0. The molecule has 2 rings (SSSR count). The van der Waals surface area contributed by atoms with Crippen molar-refractivity contribution in [1.82, 2.24) is 5.32 Å². The SMILES string of the molecule is CC(OCc1ccccc1)C(NC(=O)OC(C)(C)C)C(=O)Nc1ccccc1F. The largest absolute Gasteiger partial charge is 0.444 e. The van der Waals surface area contributed by atoms with Crippen LogP contribution < -0.4 is 10.6 Å². The van der Waals surface area contributed by atoms with Crippen molar-refractivity contribution in [1.29, 1.82) is 0 Å². The minimum absolute atomic E-state index is 0.0174. The van der Waals surface area contributed by atoms with Crippen LogP contribution in [0.15, 0.2) is 54.6 Å². The summed E-state index contributed by atoms with van der Waals surface area (Å²) in [5.74, 6) is -1.18. The van der Waals surface area contributed by atoms with Crippen LogP contribution >= 0.6 is 0 Å². The Morgan fingerprint density at radius 3 is 2.28 bits per heavy atom. The van der Waals surface area contributed by atoms with Gasteiger partial charge in [-0.2, -0.15) is 0 Å². The Kier molecular flexibility index (Phi) is 7.73. The Morgan fingerprint density at radius 1 is 1.03 bits per heavy atom. The number of halogens is 1. The minimum Gasteiger partial charge on any atom is -0.444 e. The van der Waals surface area contributed by atoms with Crippen LogP contribution in [0.4, 0.5) is 14.9 Å². The van der Waals surface area contributed by atoms with Crippen molar-refractivity contribution in [2.24, 2.45) is 0 Å². The maximum Gasteiger partial charge on any atom is 0.408 e. The molecule has 0 aromatic heterocycles. The number of alkyl carbamates (subject to hydrolysis) is 1. The van der Waals surface area contributed by atoms with Crippen molar-refractivity contribution in [2.45, 2.75) is 52.0 Å². The lowest BCUT2D eigenvalue weighted by molar-refractivity contribution is -0.122. The Balaban J connectivity index is 2.11. The molecule has 0 bridgehead atoms. The zero-order valence-corrected chi connectivity index (χ0v) is 17.1. The molecule has 2 atom stereocenters. The smallest absolute Gasteiger partial charge is 0.408 e. The van der Waals surface area contributed by atoms with E-state index in [0.717, 1.165) is 5.56 Å². The Morgan fingerprint density at radius 2 is 1.66 bits per heavy atom. The Bertz CT molecular complexity index is 821. The van der Waals surface area contributed by atoms with Gasteiger partial charge in [-0.1, -0.05) is 42.5 Å². The van der Waals surface area contributed by atoms with E-state index in [1.807, 2.05) is 30.3 Å². The van der Waals surface area contributed by atoms with E-state index >= 15 is 0 Å². The summed E-state index contributed by atoms with van der Waals surface area (Å²) in [5, 5.41) is 5.02. The predicted molar refractivity (Wildman–Crippen MR) is 109 cm³/mol. The van der Waals surface area contributed by atoms with E-state index in [2.05, 4.69) is 10.6 Å². The van der Waals surface area contributed by atoms with Gasteiger partial charge in [0.2, 0.25) is 5.91 Å². The first-order valence-corrected chi connectivity index (χ1v) is 9.36. The normalized spacial score (nSPS) is 13.3. The fourth-order valence-corrected chi connectivity index (χ4v) is 2.50. The average Bonchev–Trinajstić information content (AvgIpc) is 2.65. The van der Waals surface area contributed by atoms with E-state index in [1.54, 1.807) is 33.8 Å². The second-order valence-electron chi connectivity index (χ2n) is 7.59. The highest BCUT2D eigenvalue weighted by Crippen LogP contribution is 2.15. The van der Waals surface area contributed by atoms with Crippen LogP contribution in [-0.2, 0) is 20.9 Å². The number of hydrogen-bond acceptors (Lipinski definition) is 4. The van der Waals surface area contributed by atoms with Gasteiger partial charge in [0.05, 0.1) is 18.4 Å². The van der Waals surface area contributed by atoms with Gasteiger partial charge in [0.1, 0.15) is 17.5 Å². The first kappa shape index (κ1) is 22.4. The summed E-state index contributed by atoms with van der Waals surface area (Å²) >= 11 is 0. The molecule has 2 N–H and O–H groups in total. The van der Waals surface area contributed by atoms with E-state index in [1.165, 1.54) is 18.2 Å². The van der Waals surface area contributed by atoms with Gasteiger partial charge in [-0.25, -0.2) is 9.18 Å².